The predicted molar refractivity (Wildman–Crippen MR) is 126 cm³/mol. The standard InChI is InChI=1S/C20H30N4O5.C3H8/c1-6-17(29-20(28)11(2)3)14-7-8-16(15(21)9-14)24-19(27)12(4)23-18(26)10-22-13(5)25;1-3-2/h7-9,11-12,17H,6,10,21H2,1-5H3,(H,22,25)(H,23,26)(H,24,27);3H2,1-2H3/t12?,17-;/m1./s1. The van der Waals surface area contributed by atoms with E-state index in [9.17, 15) is 19.2 Å². The molecule has 0 aromatic heterocycles. The van der Waals surface area contributed by atoms with Crippen LogP contribution in [0.3, 0.4) is 0 Å². The Morgan fingerprint density at radius 3 is 2.12 bits per heavy atom. The van der Waals surface area contributed by atoms with Crippen molar-refractivity contribution in [1.82, 2.24) is 10.6 Å². The fourth-order valence-electron chi connectivity index (χ4n) is 2.36. The monoisotopic (exact) mass is 450 g/mol. The molecule has 3 amide bonds. The average molecular weight is 451 g/mol. The summed E-state index contributed by atoms with van der Waals surface area (Å²) in [5.41, 5.74) is 7.47. The molecule has 9 nitrogen and oxygen atoms in total. The summed E-state index contributed by atoms with van der Waals surface area (Å²) in [7, 11) is 0. The van der Waals surface area contributed by atoms with Gasteiger partial charge in [-0.15, -0.1) is 0 Å². The largest absolute Gasteiger partial charge is 0.457 e. The van der Waals surface area contributed by atoms with Crippen molar-refractivity contribution in [2.45, 2.75) is 73.5 Å². The first-order valence-corrected chi connectivity index (χ1v) is 10.9. The molecule has 0 aliphatic heterocycles. The van der Waals surface area contributed by atoms with E-state index < -0.39 is 24.0 Å². The molecule has 0 heterocycles. The molecule has 1 aromatic rings. The van der Waals surface area contributed by atoms with Gasteiger partial charge in [-0.05, 0) is 31.0 Å². The molecule has 5 N–H and O–H groups in total. The number of amides is 3. The molecule has 0 saturated heterocycles. The number of nitrogens with one attached hydrogen (secondary N) is 3. The van der Waals surface area contributed by atoms with Crippen LogP contribution in [0, 0.1) is 5.92 Å². The molecule has 1 aromatic carbocycles. The van der Waals surface area contributed by atoms with Crippen LogP contribution in [-0.2, 0) is 23.9 Å². The molecule has 0 fully saturated rings. The van der Waals surface area contributed by atoms with E-state index in [1.54, 1.807) is 32.0 Å². The summed E-state index contributed by atoms with van der Waals surface area (Å²) in [5.74, 6) is -1.81. The first-order valence-electron chi connectivity index (χ1n) is 10.9. The van der Waals surface area contributed by atoms with E-state index in [1.807, 2.05) is 6.92 Å². The molecule has 0 radical (unpaired) electrons. The van der Waals surface area contributed by atoms with Crippen LogP contribution in [0.5, 0.6) is 0 Å². The number of carbonyl (C=O) groups is 4. The molecule has 180 valence electrons. The molecular formula is C23H38N4O5. The SMILES string of the molecule is CCC.CC[C@@H](OC(=O)C(C)C)c1ccc(NC(=O)C(C)NC(=O)CNC(C)=O)c(N)c1. The van der Waals surface area contributed by atoms with Crippen molar-refractivity contribution in [3.63, 3.8) is 0 Å². The Labute approximate surface area is 190 Å². The number of nitrogens with two attached hydrogens (primary N) is 1. The zero-order valence-corrected chi connectivity index (χ0v) is 20.2. The van der Waals surface area contributed by atoms with Crippen LogP contribution in [0.4, 0.5) is 11.4 Å². The second-order valence-corrected chi connectivity index (χ2v) is 7.73. The van der Waals surface area contributed by atoms with E-state index in [4.69, 9.17) is 10.5 Å². The fourth-order valence-corrected chi connectivity index (χ4v) is 2.36. The number of rotatable bonds is 9. The van der Waals surface area contributed by atoms with Gasteiger partial charge in [0.15, 0.2) is 0 Å². The molecule has 0 bridgehead atoms. The van der Waals surface area contributed by atoms with E-state index in [0.29, 0.717) is 17.8 Å². The number of carbonyl (C=O) groups excluding carboxylic acids is 4. The van der Waals surface area contributed by atoms with E-state index in [2.05, 4.69) is 29.8 Å². The van der Waals surface area contributed by atoms with Gasteiger partial charge >= 0.3 is 5.97 Å². The number of benzene rings is 1. The summed E-state index contributed by atoms with van der Waals surface area (Å²) < 4.78 is 5.49. The molecular weight excluding hydrogens is 412 g/mol. The Kier molecular flexibility index (Phi) is 13.4. The lowest BCUT2D eigenvalue weighted by Crippen LogP contribution is -2.45. The summed E-state index contributed by atoms with van der Waals surface area (Å²) in [4.78, 5) is 46.7. The van der Waals surface area contributed by atoms with Gasteiger partial charge in [-0.1, -0.05) is 47.1 Å². The zero-order valence-electron chi connectivity index (χ0n) is 20.2. The summed E-state index contributed by atoms with van der Waals surface area (Å²) in [6.45, 7) is 12.3. The Hall–Kier alpha value is -3.10. The highest BCUT2D eigenvalue weighted by Crippen LogP contribution is 2.28. The number of hydrogen-bond donors (Lipinski definition) is 4. The molecule has 0 aliphatic carbocycles. The highest BCUT2D eigenvalue weighted by atomic mass is 16.5. The smallest absolute Gasteiger partial charge is 0.308 e. The predicted octanol–water partition coefficient (Wildman–Crippen LogP) is 2.91. The van der Waals surface area contributed by atoms with Gasteiger partial charge < -0.3 is 26.4 Å². The first kappa shape index (κ1) is 28.9. The van der Waals surface area contributed by atoms with E-state index in [-0.39, 0.29) is 24.3 Å². The number of ether oxygens (including phenoxy) is 1. The maximum absolute atomic E-state index is 12.3. The van der Waals surface area contributed by atoms with Gasteiger partial charge in [-0.3, -0.25) is 19.2 Å². The Morgan fingerprint density at radius 1 is 1.06 bits per heavy atom. The lowest BCUT2D eigenvalue weighted by atomic mass is 10.0. The number of esters is 1. The van der Waals surface area contributed by atoms with Gasteiger partial charge in [-0.25, -0.2) is 0 Å². The lowest BCUT2D eigenvalue weighted by molar-refractivity contribution is -0.153. The lowest BCUT2D eigenvalue weighted by Gasteiger charge is -2.20. The fraction of sp³-hybridized carbons (Fsp3) is 0.565. The maximum Gasteiger partial charge on any atom is 0.308 e. The summed E-state index contributed by atoms with van der Waals surface area (Å²) >= 11 is 0. The van der Waals surface area contributed by atoms with Crippen LogP contribution < -0.4 is 21.7 Å². The van der Waals surface area contributed by atoms with Gasteiger partial charge in [0.25, 0.3) is 0 Å². The molecule has 0 aliphatic rings. The van der Waals surface area contributed by atoms with Crippen molar-refractivity contribution in [2.75, 3.05) is 17.6 Å². The molecule has 0 saturated carbocycles. The first-order chi connectivity index (χ1) is 15.0. The quantitative estimate of drug-likeness (QED) is 0.337. The van der Waals surface area contributed by atoms with Crippen LogP contribution in [0.25, 0.3) is 0 Å². The van der Waals surface area contributed by atoms with Crippen LogP contribution >= 0.6 is 0 Å². The Bertz CT molecular complexity index is 780. The number of anilines is 2. The normalized spacial score (nSPS) is 12.0. The van der Waals surface area contributed by atoms with E-state index >= 15 is 0 Å². The van der Waals surface area contributed by atoms with Gasteiger partial charge in [0, 0.05) is 6.92 Å². The minimum Gasteiger partial charge on any atom is -0.457 e. The maximum atomic E-state index is 12.3. The second-order valence-electron chi connectivity index (χ2n) is 7.73. The van der Waals surface area contributed by atoms with Crippen LogP contribution in [0.1, 0.15) is 73.0 Å². The van der Waals surface area contributed by atoms with Crippen molar-refractivity contribution in [2.24, 2.45) is 5.92 Å². The summed E-state index contributed by atoms with van der Waals surface area (Å²) in [5, 5.41) is 7.48. The van der Waals surface area contributed by atoms with Crippen molar-refractivity contribution < 1.29 is 23.9 Å². The minimum atomic E-state index is -0.828. The van der Waals surface area contributed by atoms with Crippen molar-refractivity contribution >= 4 is 35.1 Å². The molecule has 9 heteroatoms. The number of hydrogen-bond acceptors (Lipinski definition) is 6. The average Bonchev–Trinajstić information content (AvgIpc) is 2.72. The van der Waals surface area contributed by atoms with Crippen LogP contribution in [0.15, 0.2) is 18.2 Å². The molecule has 2 atom stereocenters. The third-order valence-corrected chi connectivity index (χ3v) is 4.07. The van der Waals surface area contributed by atoms with Crippen molar-refractivity contribution in [1.29, 1.82) is 0 Å². The number of nitrogen functional groups attached to an aromatic ring is 1. The van der Waals surface area contributed by atoms with Gasteiger partial charge in [-0.2, -0.15) is 0 Å². The van der Waals surface area contributed by atoms with E-state index in [0.717, 1.165) is 5.56 Å². The molecule has 0 spiro atoms. The van der Waals surface area contributed by atoms with Gasteiger partial charge in [0.2, 0.25) is 17.7 Å². The van der Waals surface area contributed by atoms with Gasteiger partial charge in [0.1, 0.15) is 12.1 Å². The third kappa shape index (κ3) is 10.8. The van der Waals surface area contributed by atoms with Gasteiger partial charge in [0.05, 0.1) is 23.8 Å². The topological polar surface area (TPSA) is 140 Å². The summed E-state index contributed by atoms with van der Waals surface area (Å²) in [6, 6.07) is 4.18. The Morgan fingerprint density at radius 2 is 1.66 bits per heavy atom. The van der Waals surface area contributed by atoms with E-state index in [1.165, 1.54) is 20.3 Å². The van der Waals surface area contributed by atoms with Crippen LogP contribution in [0.2, 0.25) is 0 Å². The van der Waals surface area contributed by atoms with Crippen molar-refractivity contribution in [3.05, 3.63) is 23.8 Å². The second kappa shape index (κ2) is 14.8. The summed E-state index contributed by atoms with van der Waals surface area (Å²) in [6.07, 6.45) is 1.41. The molecule has 1 rings (SSSR count). The zero-order chi connectivity index (χ0) is 24.8. The molecule has 32 heavy (non-hydrogen) atoms. The highest BCUT2D eigenvalue weighted by Gasteiger charge is 2.20. The van der Waals surface area contributed by atoms with Crippen LogP contribution in [-0.4, -0.2) is 36.3 Å². The van der Waals surface area contributed by atoms with Crippen molar-refractivity contribution in [3.8, 4) is 0 Å². The minimum absolute atomic E-state index is 0.211. The highest BCUT2D eigenvalue weighted by molar-refractivity contribution is 5.99. The Balaban J connectivity index is 0.00000302. The third-order valence-electron chi connectivity index (χ3n) is 4.07. The molecule has 1 unspecified atom stereocenters.